The SMILES string of the molecule is COc1ncc(B(O)O)cc1N([SH]=O)c1ccc(F)cc1F. The van der Waals surface area contributed by atoms with E-state index in [-0.39, 0.29) is 22.7 Å². The summed E-state index contributed by atoms with van der Waals surface area (Å²) < 4.78 is 44.2. The van der Waals surface area contributed by atoms with Crippen LogP contribution in [0.5, 0.6) is 5.88 Å². The first-order chi connectivity index (χ1) is 10.5. The largest absolute Gasteiger partial charge is 0.490 e. The number of thiol groups is 1. The second kappa shape index (κ2) is 6.82. The Hall–Kier alpha value is -2.04. The molecule has 0 aliphatic carbocycles. The minimum atomic E-state index is -1.82. The third-order valence-electron chi connectivity index (χ3n) is 2.79. The van der Waals surface area contributed by atoms with E-state index in [9.17, 15) is 23.0 Å². The molecule has 1 aromatic heterocycles. The maximum Gasteiger partial charge on any atom is 0.490 e. The summed E-state index contributed by atoms with van der Waals surface area (Å²) in [6.07, 6.45) is 1.15. The molecule has 0 aliphatic rings. The lowest BCUT2D eigenvalue weighted by Crippen LogP contribution is -2.31. The third kappa shape index (κ3) is 3.24. The molecule has 0 radical (unpaired) electrons. The summed E-state index contributed by atoms with van der Waals surface area (Å²) in [5, 5.41) is 18.4. The van der Waals surface area contributed by atoms with Gasteiger partial charge in [0.1, 0.15) is 23.4 Å². The van der Waals surface area contributed by atoms with Crippen LogP contribution in [0.25, 0.3) is 0 Å². The predicted molar refractivity (Wildman–Crippen MR) is 78.6 cm³/mol. The molecule has 0 spiro atoms. The number of pyridine rings is 1. The van der Waals surface area contributed by atoms with Gasteiger partial charge in [-0.1, -0.05) is 0 Å². The fourth-order valence-electron chi connectivity index (χ4n) is 1.78. The molecular formula is C12H11BF2N2O4S. The molecule has 6 nitrogen and oxygen atoms in total. The van der Waals surface area contributed by atoms with Crippen LogP contribution in [-0.4, -0.2) is 33.5 Å². The molecule has 0 fully saturated rings. The predicted octanol–water partition coefficient (Wildman–Crippen LogP) is 0.0466. The highest BCUT2D eigenvalue weighted by Gasteiger charge is 2.22. The van der Waals surface area contributed by atoms with Gasteiger partial charge in [-0.25, -0.2) is 18.0 Å². The second-order valence-electron chi connectivity index (χ2n) is 4.16. The van der Waals surface area contributed by atoms with Crippen molar-refractivity contribution in [3.05, 3.63) is 42.1 Å². The number of halogens is 2. The van der Waals surface area contributed by atoms with Crippen LogP contribution in [0.4, 0.5) is 20.2 Å². The van der Waals surface area contributed by atoms with Crippen LogP contribution in [0.1, 0.15) is 0 Å². The van der Waals surface area contributed by atoms with Gasteiger partial charge in [0, 0.05) is 17.7 Å². The standard InChI is InChI=1S/C12H11BF2N2O4S/c1-21-12-11(4-7(6-16-12)13(18)19)17(22-20)10-3-2-8(14)5-9(10)15/h2-6,18-19,22H,1H3. The summed E-state index contributed by atoms with van der Waals surface area (Å²) in [5.41, 5.74) is -0.176. The van der Waals surface area contributed by atoms with E-state index in [1.807, 2.05) is 0 Å². The minimum absolute atomic E-state index is 0.00744. The van der Waals surface area contributed by atoms with E-state index in [1.54, 1.807) is 0 Å². The summed E-state index contributed by atoms with van der Waals surface area (Å²) in [7, 11) is -0.526. The Kier molecular flexibility index (Phi) is 5.06. The van der Waals surface area contributed by atoms with Gasteiger partial charge in [-0.05, 0) is 18.2 Å². The first kappa shape index (κ1) is 16.3. The van der Waals surface area contributed by atoms with Crippen LogP contribution in [-0.2, 0) is 11.9 Å². The molecule has 0 atom stereocenters. The number of hydrogen-bond acceptors (Lipinski definition) is 5. The van der Waals surface area contributed by atoms with Crippen LogP contribution in [0.2, 0.25) is 0 Å². The Morgan fingerprint density at radius 3 is 2.55 bits per heavy atom. The topological polar surface area (TPSA) is 82.9 Å². The lowest BCUT2D eigenvalue weighted by atomic mass is 9.81. The fourth-order valence-corrected chi connectivity index (χ4v) is 2.26. The molecule has 10 heteroatoms. The van der Waals surface area contributed by atoms with Crippen LogP contribution < -0.4 is 14.5 Å². The third-order valence-corrected chi connectivity index (χ3v) is 3.39. The molecule has 116 valence electrons. The van der Waals surface area contributed by atoms with Crippen molar-refractivity contribution in [1.29, 1.82) is 0 Å². The first-order valence-electron chi connectivity index (χ1n) is 5.96. The van der Waals surface area contributed by atoms with Gasteiger partial charge < -0.3 is 14.8 Å². The van der Waals surface area contributed by atoms with Gasteiger partial charge >= 0.3 is 7.12 Å². The van der Waals surface area contributed by atoms with Crippen LogP contribution >= 0.6 is 0 Å². The van der Waals surface area contributed by atoms with E-state index >= 15 is 0 Å². The molecular weight excluding hydrogens is 317 g/mol. The summed E-state index contributed by atoms with van der Waals surface area (Å²) in [6.45, 7) is 0. The first-order valence-corrected chi connectivity index (χ1v) is 6.73. The molecule has 0 saturated heterocycles. The van der Waals surface area contributed by atoms with Crippen molar-refractivity contribution >= 4 is 35.8 Å². The summed E-state index contributed by atoms with van der Waals surface area (Å²) in [5.74, 6) is -1.75. The Morgan fingerprint density at radius 1 is 1.27 bits per heavy atom. The number of rotatable bonds is 5. The molecule has 0 saturated carbocycles. The van der Waals surface area contributed by atoms with Gasteiger partial charge in [0.15, 0.2) is 5.82 Å². The number of ether oxygens (including phenoxy) is 1. The highest BCUT2D eigenvalue weighted by molar-refractivity contribution is 7.67. The average molecular weight is 328 g/mol. The van der Waals surface area contributed by atoms with E-state index in [4.69, 9.17) is 4.74 Å². The molecule has 22 heavy (non-hydrogen) atoms. The lowest BCUT2D eigenvalue weighted by molar-refractivity contribution is 0.399. The highest BCUT2D eigenvalue weighted by atomic mass is 32.2. The van der Waals surface area contributed by atoms with E-state index in [2.05, 4.69) is 4.98 Å². The lowest BCUT2D eigenvalue weighted by Gasteiger charge is -2.20. The van der Waals surface area contributed by atoms with E-state index in [1.165, 1.54) is 13.2 Å². The highest BCUT2D eigenvalue weighted by Crippen LogP contribution is 2.32. The Labute approximate surface area is 128 Å². The van der Waals surface area contributed by atoms with Gasteiger partial charge in [-0.2, -0.15) is 0 Å². The van der Waals surface area contributed by atoms with Crippen LogP contribution in [0.15, 0.2) is 30.5 Å². The van der Waals surface area contributed by atoms with Crippen LogP contribution in [0, 0.1) is 11.6 Å². The Bertz CT molecular complexity index is 705. The molecule has 0 unspecified atom stereocenters. The molecule has 1 aromatic carbocycles. The number of aromatic nitrogens is 1. The van der Waals surface area contributed by atoms with Gasteiger partial charge in [0.2, 0.25) is 5.88 Å². The number of hydrogen-bond donors (Lipinski definition) is 3. The molecule has 0 bridgehead atoms. The molecule has 0 aliphatic heterocycles. The fraction of sp³-hybridized carbons (Fsp3) is 0.0833. The quantitative estimate of drug-likeness (QED) is 0.534. The van der Waals surface area contributed by atoms with Crippen molar-refractivity contribution in [3.8, 4) is 5.88 Å². The normalized spacial score (nSPS) is 10.4. The smallest absolute Gasteiger partial charge is 0.479 e. The Balaban J connectivity index is 2.59. The summed E-state index contributed by atoms with van der Waals surface area (Å²) in [4.78, 5) is 3.84. The van der Waals surface area contributed by atoms with Crippen molar-refractivity contribution in [2.24, 2.45) is 0 Å². The monoisotopic (exact) mass is 328 g/mol. The van der Waals surface area contributed by atoms with Crippen molar-refractivity contribution in [2.45, 2.75) is 0 Å². The van der Waals surface area contributed by atoms with E-state index < -0.39 is 30.6 Å². The maximum atomic E-state index is 13.9. The summed E-state index contributed by atoms with van der Waals surface area (Å²) >= 11 is -0.646. The average Bonchev–Trinajstić information content (AvgIpc) is 2.49. The number of benzene rings is 1. The van der Waals surface area contributed by atoms with Crippen molar-refractivity contribution in [2.75, 3.05) is 11.4 Å². The van der Waals surface area contributed by atoms with Crippen molar-refractivity contribution in [1.82, 2.24) is 4.98 Å². The minimum Gasteiger partial charge on any atom is -0.479 e. The maximum absolute atomic E-state index is 13.9. The zero-order chi connectivity index (χ0) is 16.3. The van der Waals surface area contributed by atoms with Gasteiger partial charge in [-0.15, -0.1) is 0 Å². The van der Waals surface area contributed by atoms with Gasteiger partial charge in [0.25, 0.3) is 0 Å². The zero-order valence-electron chi connectivity index (χ0n) is 11.3. The van der Waals surface area contributed by atoms with Crippen LogP contribution in [0.3, 0.4) is 0 Å². The second-order valence-corrected chi connectivity index (χ2v) is 4.72. The molecule has 2 N–H and O–H groups in total. The molecule has 2 aromatic rings. The zero-order valence-corrected chi connectivity index (χ0v) is 12.2. The molecule has 2 rings (SSSR count). The van der Waals surface area contributed by atoms with Gasteiger partial charge in [-0.3, -0.25) is 4.31 Å². The molecule has 0 amide bonds. The number of anilines is 2. The van der Waals surface area contributed by atoms with Crippen molar-refractivity contribution < 1.29 is 27.8 Å². The number of nitrogens with zero attached hydrogens (tertiary/aromatic N) is 2. The Morgan fingerprint density at radius 2 is 2.00 bits per heavy atom. The summed E-state index contributed by atoms with van der Waals surface area (Å²) in [6, 6.07) is 3.96. The molecule has 1 heterocycles. The van der Waals surface area contributed by atoms with E-state index in [0.29, 0.717) is 6.07 Å². The van der Waals surface area contributed by atoms with Gasteiger partial charge in [0.05, 0.1) is 12.8 Å². The van der Waals surface area contributed by atoms with E-state index in [0.717, 1.165) is 22.6 Å². The number of methoxy groups -OCH3 is 1. The van der Waals surface area contributed by atoms with Crippen molar-refractivity contribution in [3.63, 3.8) is 0 Å².